The predicted molar refractivity (Wildman–Crippen MR) is 62.1 cm³/mol. The summed E-state index contributed by atoms with van der Waals surface area (Å²) in [5.74, 6) is 0. The fourth-order valence-corrected chi connectivity index (χ4v) is 1.29. The number of hydrogen-bond donors (Lipinski definition) is 0. The van der Waals surface area contributed by atoms with Crippen molar-refractivity contribution < 1.29 is 21.6 Å². The van der Waals surface area contributed by atoms with Crippen molar-refractivity contribution in [3.05, 3.63) is 12.7 Å². The maximum atomic E-state index is 5.79. The third-order valence-corrected chi connectivity index (χ3v) is 2.69. The monoisotopic (exact) mass is 235 g/mol. The summed E-state index contributed by atoms with van der Waals surface area (Å²) < 4.78 is 6.64. The standard InChI is InChI=1S/C12H26NO.ClH/c1-6-8-9-11-14-12(3)13(4,5)10-7-2;/h7,12H,2,6,8-11H2,1,3-5H3;1H/q+1;/p-1. The second-order valence-corrected chi connectivity index (χ2v) is 4.43. The topological polar surface area (TPSA) is 9.23 Å². The molecule has 15 heavy (non-hydrogen) atoms. The van der Waals surface area contributed by atoms with E-state index in [1.165, 1.54) is 19.3 Å². The molecule has 0 aliphatic rings. The maximum absolute atomic E-state index is 5.79. The van der Waals surface area contributed by atoms with E-state index in [9.17, 15) is 0 Å². The van der Waals surface area contributed by atoms with E-state index >= 15 is 0 Å². The Hall–Kier alpha value is -0.0500. The molecule has 0 fully saturated rings. The third kappa shape index (κ3) is 7.83. The molecule has 0 aromatic heterocycles. The van der Waals surface area contributed by atoms with Crippen molar-refractivity contribution in [1.82, 2.24) is 0 Å². The maximum Gasteiger partial charge on any atom is 0.190 e. The van der Waals surface area contributed by atoms with E-state index < -0.39 is 0 Å². The fraction of sp³-hybridized carbons (Fsp3) is 0.833. The van der Waals surface area contributed by atoms with Crippen LogP contribution in [0.25, 0.3) is 0 Å². The van der Waals surface area contributed by atoms with Crippen LogP contribution in [0.2, 0.25) is 0 Å². The molecule has 3 heteroatoms. The Morgan fingerprint density at radius 3 is 2.40 bits per heavy atom. The number of ether oxygens (including phenoxy) is 1. The van der Waals surface area contributed by atoms with E-state index in [1.807, 2.05) is 6.08 Å². The van der Waals surface area contributed by atoms with Gasteiger partial charge in [0.05, 0.1) is 27.2 Å². The van der Waals surface area contributed by atoms with E-state index in [2.05, 4.69) is 34.5 Å². The van der Waals surface area contributed by atoms with Gasteiger partial charge in [-0.2, -0.15) is 0 Å². The lowest BCUT2D eigenvalue weighted by molar-refractivity contribution is -0.930. The highest BCUT2D eigenvalue weighted by Crippen LogP contribution is 2.08. The molecule has 0 amide bonds. The molecule has 0 aliphatic carbocycles. The van der Waals surface area contributed by atoms with Crippen molar-refractivity contribution in [2.45, 2.75) is 39.3 Å². The van der Waals surface area contributed by atoms with Crippen molar-refractivity contribution in [2.24, 2.45) is 0 Å². The average Bonchev–Trinajstić information content (AvgIpc) is 2.12. The normalized spacial score (nSPS) is 13.1. The number of rotatable bonds is 8. The molecule has 0 rings (SSSR count). The first-order valence-electron chi connectivity index (χ1n) is 5.59. The van der Waals surface area contributed by atoms with Gasteiger partial charge in [-0.05, 0) is 12.5 Å². The van der Waals surface area contributed by atoms with Gasteiger partial charge < -0.3 is 21.6 Å². The second-order valence-electron chi connectivity index (χ2n) is 4.43. The van der Waals surface area contributed by atoms with Crippen molar-refractivity contribution >= 4 is 0 Å². The number of likely N-dealkylation sites (N-methyl/N-ethyl adjacent to an activating group) is 1. The van der Waals surface area contributed by atoms with Crippen molar-refractivity contribution in [1.29, 1.82) is 0 Å². The molecule has 2 nitrogen and oxygen atoms in total. The minimum atomic E-state index is 0. The van der Waals surface area contributed by atoms with Crippen LogP contribution in [0, 0.1) is 0 Å². The Kier molecular flexibility index (Phi) is 10.6. The molecule has 0 N–H and O–H groups in total. The highest BCUT2D eigenvalue weighted by Gasteiger charge is 2.22. The molecule has 0 aliphatic heterocycles. The number of nitrogens with zero attached hydrogens (tertiary/aromatic N) is 1. The summed E-state index contributed by atoms with van der Waals surface area (Å²) in [5.41, 5.74) is 0. The molecule has 0 aromatic rings. The molecule has 0 aromatic carbocycles. The van der Waals surface area contributed by atoms with Crippen LogP contribution in [0.3, 0.4) is 0 Å². The lowest BCUT2D eigenvalue weighted by Crippen LogP contribution is -3.00. The first kappa shape index (κ1) is 17.3. The van der Waals surface area contributed by atoms with Gasteiger partial charge in [-0.15, -0.1) is 0 Å². The van der Waals surface area contributed by atoms with Gasteiger partial charge >= 0.3 is 0 Å². The van der Waals surface area contributed by atoms with Crippen molar-refractivity contribution in [3.63, 3.8) is 0 Å². The van der Waals surface area contributed by atoms with Crippen LogP contribution >= 0.6 is 0 Å². The van der Waals surface area contributed by atoms with Crippen molar-refractivity contribution in [3.8, 4) is 0 Å². The van der Waals surface area contributed by atoms with Crippen LogP contribution in [0.15, 0.2) is 12.7 Å². The lowest BCUT2D eigenvalue weighted by atomic mass is 10.3. The Morgan fingerprint density at radius 1 is 1.33 bits per heavy atom. The van der Waals surface area contributed by atoms with Gasteiger partial charge in [-0.25, -0.2) is 0 Å². The molecule has 0 spiro atoms. The summed E-state index contributed by atoms with van der Waals surface area (Å²) in [4.78, 5) is 0. The highest BCUT2D eigenvalue weighted by molar-refractivity contribution is 4.64. The summed E-state index contributed by atoms with van der Waals surface area (Å²) in [6, 6.07) is 0. The fourth-order valence-electron chi connectivity index (χ4n) is 1.29. The van der Waals surface area contributed by atoms with Gasteiger partial charge in [0.15, 0.2) is 6.23 Å². The Morgan fingerprint density at radius 2 is 1.93 bits per heavy atom. The smallest absolute Gasteiger partial charge is 0.190 e. The molecule has 0 bridgehead atoms. The van der Waals surface area contributed by atoms with Gasteiger partial charge in [0.25, 0.3) is 0 Å². The van der Waals surface area contributed by atoms with E-state index in [0.717, 1.165) is 17.6 Å². The summed E-state index contributed by atoms with van der Waals surface area (Å²) in [7, 11) is 4.35. The van der Waals surface area contributed by atoms with Gasteiger partial charge in [0.1, 0.15) is 0 Å². The summed E-state index contributed by atoms with van der Waals surface area (Å²) >= 11 is 0. The molecule has 92 valence electrons. The summed E-state index contributed by atoms with van der Waals surface area (Å²) in [6.45, 7) is 9.95. The van der Waals surface area contributed by atoms with E-state index in [4.69, 9.17) is 4.74 Å². The van der Waals surface area contributed by atoms with Crippen LogP contribution < -0.4 is 12.4 Å². The molecule has 1 atom stereocenters. The third-order valence-electron chi connectivity index (χ3n) is 2.69. The number of unbranched alkanes of at least 4 members (excludes halogenated alkanes) is 2. The lowest BCUT2D eigenvalue weighted by Gasteiger charge is -2.34. The second kappa shape index (κ2) is 9.20. The zero-order chi connectivity index (χ0) is 11.0. The largest absolute Gasteiger partial charge is 1.00 e. The number of hydrogen-bond acceptors (Lipinski definition) is 1. The van der Waals surface area contributed by atoms with Gasteiger partial charge in [-0.1, -0.05) is 26.3 Å². The average molecular weight is 236 g/mol. The minimum absolute atomic E-state index is 0. The van der Waals surface area contributed by atoms with E-state index in [-0.39, 0.29) is 18.6 Å². The zero-order valence-corrected chi connectivity index (χ0v) is 11.4. The molecule has 1 unspecified atom stereocenters. The van der Waals surface area contributed by atoms with Gasteiger partial charge in [0.2, 0.25) is 0 Å². The SMILES string of the molecule is C=CC[N+](C)(C)C(C)OCCCCC.[Cl-]. The molecular formula is C12H26ClNO. The highest BCUT2D eigenvalue weighted by atomic mass is 35.5. The van der Waals surface area contributed by atoms with Crippen LogP contribution in [-0.4, -0.2) is 38.0 Å². The molecule has 0 saturated heterocycles. The quantitative estimate of drug-likeness (QED) is 0.245. The predicted octanol–water partition coefficient (Wildman–Crippen LogP) is -0.194. The molecule has 0 radical (unpaired) electrons. The van der Waals surface area contributed by atoms with E-state index in [1.54, 1.807) is 0 Å². The number of quaternary nitrogens is 1. The minimum Gasteiger partial charge on any atom is -1.00 e. The molecule has 0 heterocycles. The Bertz CT molecular complexity index is 160. The van der Waals surface area contributed by atoms with Crippen LogP contribution in [0.4, 0.5) is 0 Å². The Balaban J connectivity index is 0. The zero-order valence-electron chi connectivity index (χ0n) is 10.6. The Labute approximate surface area is 101 Å². The van der Waals surface area contributed by atoms with Crippen molar-refractivity contribution in [2.75, 3.05) is 27.2 Å². The van der Waals surface area contributed by atoms with Crippen LogP contribution in [0.5, 0.6) is 0 Å². The van der Waals surface area contributed by atoms with E-state index in [0.29, 0.717) is 0 Å². The number of halogens is 1. The van der Waals surface area contributed by atoms with Gasteiger partial charge in [-0.3, -0.25) is 0 Å². The molecular weight excluding hydrogens is 210 g/mol. The molecule has 0 saturated carbocycles. The summed E-state index contributed by atoms with van der Waals surface area (Å²) in [6.07, 6.45) is 5.90. The first-order valence-corrected chi connectivity index (χ1v) is 5.59. The van der Waals surface area contributed by atoms with Crippen LogP contribution in [0.1, 0.15) is 33.1 Å². The van der Waals surface area contributed by atoms with Crippen LogP contribution in [-0.2, 0) is 4.74 Å². The first-order chi connectivity index (χ1) is 6.54. The van der Waals surface area contributed by atoms with Gasteiger partial charge in [0, 0.05) is 6.92 Å². The summed E-state index contributed by atoms with van der Waals surface area (Å²) in [5, 5.41) is 0.